The number of benzene rings is 1. The van der Waals surface area contributed by atoms with E-state index in [-0.39, 0.29) is 12.1 Å². The van der Waals surface area contributed by atoms with Crippen LogP contribution in [-0.2, 0) is 6.54 Å². The predicted molar refractivity (Wildman–Crippen MR) is 109 cm³/mol. The molecular weight excluding hydrogens is 352 g/mol. The van der Waals surface area contributed by atoms with Gasteiger partial charge in [0.2, 0.25) is 0 Å². The summed E-state index contributed by atoms with van der Waals surface area (Å²) in [5.74, 6) is 0. The highest BCUT2D eigenvalue weighted by molar-refractivity contribution is 5.86. The number of nitrogens with zero attached hydrogens (tertiary/aromatic N) is 6. The van der Waals surface area contributed by atoms with Crippen molar-refractivity contribution in [1.82, 2.24) is 29.8 Å². The third-order valence-corrected chi connectivity index (χ3v) is 5.76. The van der Waals surface area contributed by atoms with Crippen LogP contribution in [-0.4, -0.2) is 56.0 Å². The maximum Gasteiger partial charge on any atom is 0.320 e. The van der Waals surface area contributed by atoms with E-state index in [1.54, 1.807) is 4.90 Å². The molecule has 2 aromatic heterocycles. The highest BCUT2D eigenvalue weighted by Gasteiger charge is 2.28. The molecule has 7 nitrogen and oxygen atoms in total. The maximum atomic E-state index is 13.0. The second-order valence-corrected chi connectivity index (χ2v) is 8.20. The van der Waals surface area contributed by atoms with Gasteiger partial charge in [0.05, 0.1) is 12.1 Å². The van der Waals surface area contributed by atoms with Crippen LogP contribution in [0.1, 0.15) is 48.8 Å². The van der Waals surface area contributed by atoms with E-state index >= 15 is 0 Å². The van der Waals surface area contributed by atoms with Crippen LogP contribution in [0, 0.1) is 13.8 Å². The zero-order valence-electron chi connectivity index (χ0n) is 17.1. The third-order valence-electron chi connectivity index (χ3n) is 5.76. The molecule has 0 bridgehead atoms. The standard InChI is InChI=1S/C21H28N6O/c1-14-10-15(2)19-16(11-14)12-17(20-22-23-24-27(19)20)13-26(21(28)25(3)4)18-8-6-5-7-9-18/h10-12,18H,5-9,13H2,1-4H3. The van der Waals surface area contributed by atoms with E-state index < -0.39 is 0 Å². The van der Waals surface area contributed by atoms with Crippen LogP contribution in [0.15, 0.2) is 18.2 Å². The minimum atomic E-state index is 0.0537. The van der Waals surface area contributed by atoms with Crippen LogP contribution in [0.25, 0.3) is 16.6 Å². The van der Waals surface area contributed by atoms with Gasteiger partial charge in [0.15, 0.2) is 5.65 Å². The highest BCUT2D eigenvalue weighted by Crippen LogP contribution is 2.28. The molecular formula is C21H28N6O. The Bertz CT molecular complexity index is 1020. The number of tetrazole rings is 1. The number of carbonyl (C=O) groups excluding carboxylic acids is 1. The number of pyridine rings is 1. The van der Waals surface area contributed by atoms with Gasteiger partial charge in [0.25, 0.3) is 0 Å². The average Bonchev–Trinajstić information content (AvgIpc) is 3.15. The first-order valence-electron chi connectivity index (χ1n) is 10.0. The van der Waals surface area contributed by atoms with E-state index in [2.05, 4.69) is 47.6 Å². The lowest BCUT2D eigenvalue weighted by atomic mass is 9.94. The molecule has 0 atom stereocenters. The molecule has 1 aliphatic rings. The van der Waals surface area contributed by atoms with Crippen molar-refractivity contribution in [2.45, 2.75) is 58.5 Å². The van der Waals surface area contributed by atoms with E-state index in [0.29, 0.717) is 6.54 Å². The summed E-state index contributed by atoms with van der Waals surface area (Å²) in [6, 6.07) is 6.78. The molecule has 148 valence electrons. The summed E-state index contributed by atoms with van der Waals surface area (Å²) in [6.45, 7) is 4.70. The SMILES string of the molecule is Cc1cc(C)c2c(c1)cc(CN(C(=O)N(C)C)C1CCCCC1)c1nnnn12. The van der Waals surface area contributed by atoms with Crippen molar-refractivity contribution >= 4 is 22.6 Å². The lowest BCUT2D eigenvalue weighted by Crippen LogP contribution is -2.46. The summed E-state index contributed by atoms with van der Waals surface area (Å²) in [5, 5.41) is 13.6. The molecule has 0 unspecified atom stereocenters. The topological polar surface area (TPSA) is 66.6 Å². The Labute approximate surface area is 165 Å². The Balaban J connectivity index is 1.81. The van der Waals surface area contributed by atoms with Gasteiger partial charge in [-0.1, -0.05) is 30.9 Å². The fourth-order valence-electron chi connectivity index (χ4n) is 4.48. The van der Waals surface area contributed by atoms with Crippen LogP contribution < -0.4 is 0 Å². The Morgan fingerprint density at radius 2 is 1.89 bits per heavy atom. The molecule has 0 spiro atoms. The van der Waals surface area contributed by atoms with Gasteiger partial charge in [0, 0.05) is 31.1 Å². The first-order chi connectivity index (χ1) is 13.5. The molecule has 2 heterocycles. The molecule has 1 aliphatic carbocycles. The fraction of sp³-hybridized carbons (Fsp3) is 0.524. The third kappa shape index (κ3) is 3.30. The predicted octanol–water partition coefficient (Wildman–Crippen LogP) is 3.71. The smallest absolute Gasteiger partial charge is 0.320 e. The normalized spacial score (nSPS) is 15.3. The van der Waals surface area contributed by atoms with E-state index in [1.165, 1.54) is 24.8 Å². The number of aromatic nitrogens is 4. The van der Waals surface area contributed by atoms with Gasteiger partial charge in [-0.05, 0) is 54.8 Å². The molecule has 1 saturated carbocycles. The zero-order valence-corrected chi connectivity index (χ0v) is 17.1. The number of urea groups is 1. The van der Waals surface area contributed by atoms with E-state index in [0.717, 1.165) is 40.5 Å². The van der Waals surface area contributed by atoms with Crippen molar-refractivity contribution in [3.8, 4) is 0 Å². The van der Waals surface area contributed by atoms with Gasteiger partial charge in [-0.15, -0.1) is 5.10 Å². The van der Waals surface area contributed by atoms with Crippen molar-refractivity contribution in [3.05, 3.63) is 34.9 Å². The van der Waals surface area contributed by atoms with Gasteiger partial charge < -0.3 is 9.80 Å². The van der Waals surface area contributed by atoms with Crippen LogP contribution in [0.2, 0.25) is 0 Å². The molecule has 2 amide bonds. The summed E-state index contributed by atoms with van der Waals surface area (Å²) in [5.41, 5.74) is 5.09. The number of fused-ring (bicyclic) bond motifs is 3. The molecule has 0 N–H and O–H groups in total. The molecule has 4 rings (SSSR count). The molecule has 0 radical (unpaired) electrons. The monoisotopic (exact) mass is 380 g/mol. The van der Waals surface area contributed by atoms with Gasteiger partial charge in [0.1, 0.15) is 0 Å². The molecule has 3 aromatic rings. The Morgan fingerprint density at radius 1 is 1.14 bits per heavy atom. The van der Waals surface area contributed by atoms with Crippen molar-refractivity contribution in [1.29, 1.82) is 0 Å². The summed E-state index contributed by atoms with van der Waals surface area (Å²) in [6.07, 6.45) is 5.74. The zero-order chi connectivity index (χ0) is 19.8. The minimum Gasteiger partial charge on any atom is -0.331 e. The first kappa shape index (κ1) is 18.7. The number of aryl methyl sites for hydroxylation is 2. The molecule has 7 heteroatoms. The van der Waals surface area contributed by atoms with Crippen LogP contribution >= 0.6 is 0 Å². The van der Waals surface area contributed by atoms with Crippen molar-refractivity contribution < 1.29 is 4.79 Å². The molecule has 28 heavy (non-hydrogen) atoms. The highest BCUT2D eigenvalue weighted by atomic mass is 16.2. The molecule has 0 saturated heterocycles. The molecule has 0 aliphatic heterocycles. The quantitative estimate of drug-likeness (QED) is 0.695. The van der Waals surface area contributed by atoms with Crippen LogP contribution in [0.3, 0.4) is 0 Å². The van der Waals surface area contributed by atoms with Crippen molar-refractivity contribution in [2.24, 2.45) is 0 Å². The number of hydrogen-bond acceptors (Lipinski definition) is 4. The van der Waals surface area contributed by atoms with Crippen molar-refractivity contribution in [3.63, 3.8) is 0 Å². The summed E-state index contributed by atoms with van der Waals surface area (Å²) in [4.78, 5) is 16.7. The molecule has 1 aromatic carbocycles. The summed E-state index contributed by atoms with van der Waals surface area (Å²) in [7, 11) is 3.64. The first-order valence-corrected chi connectivity index (χ1v) is 10.0. The lowest BCUT2D eigenvalue weighted by Gasteiger charge is -2.36. The van der Waals surface area contributed by atoms with Crippen LogP contribution in [0.4, 0.5) is 4.79 Å². The van der Waals surface area contributed by atoms with E-state index in [4.69, 9.17) is 0 Å². The van der Waals surface area contributed by atoms with E-state index in [9.17, 15) is 4.79 Å². The lowest BCUT2D eigenvalue weighted by molar-refractivity contribution is 0.129. The largest absolute Gasteiger partial charge is 0.331 e. The Kier molecular flexibility index (Phi) is 4.91. The Morgan fingerprint density at radius 3 is 2.61 bits per heavy atom. The summed E-state index contributed by atoms with van der Waals surface area (Å²) < 4.78 is 1.82. The number of carbonyl (C=O) groups is 1. The van der Waals surface area contributed by atoms with Crippen LogP contribution in [0.5, 0.6) is 0 Å². The average molecular weight is 380 g/mol. The Hall–Kier alpha value is -2.70. The molecule has 1 fully saturated rings. The van der Waals surface area contributed by atoms with Crippen molar-refractivity contribution in [2.75, 3.05) is 14.1 Å². The summed E-state index contributed by atoms with van der Waals surface area (Å²) >= 11 is 0. The number of rotatable bonds is 3. The maximum absolute atomic E-state index is 13.0. The van der Waals surface area contributed by atoms with Gasteiger partial charge in [-0.3, -0.25) is 0 Å². The fourth-order valence-corrected chi connectivity index (χ4v) is 4.48. The van der Waals surface area contributed by atoms with Gasteiger partial charge in [-0.25, -0.2) is 4.79 Å². The number of amides is 2. The van der Waals surface area contributed by atoms with Gasteiger partial charge >= 0.3 is 6.03 Å². The second-order valence-electron chi connectivity index (χ2n) is 8.20. The second kappa shape index (κ2) is 7.37. The van der Waals surface area contributed by atoms with Gasteiger partial charge in [-0.2, -0.15) is 4.52 Å². The van der Waals surface area contributed by atoms with E-state index in [1.807, 2.05) is 23.5 Å². The minimum absolute atomic E-state index is 0.0537. The number of hydrogen-bond donors (Lipinski definition) is 0.